The van der Waals surface area contributed by atoms with Crippen molar-refractivity contribution in [3.05, 3.63) is 0 Å². The Morgan fingerprint density at radius 3 is 2.78 bits per heavy atom. The minimum absolute atomic E-state index is 0.0516. The predicted molar refractivity (Wildman–Crippen MR) is 62.9 cm³/mol. The molecule has 4 nitrogen and oxygen atoms in total. The summed E-state index contributed by atoms with van der Waals surface area (Å²) >= 11 is 0. The third-order valence-electron chi connectivity index (χ3n) is 3.98. The second-order valence-electron chi connectivity index (χ2n) is 6.23. The van der Waals surface area contributed by atoms with Crippen LogP contribution in [0.3, 0.4) is 0 Å². The summed E-state index contributed by atoms with van der Waals surface area (Å²) < 4.78 is 25.3. The molecule has 3 rings (SSSR count). The molecule has 1 saturated carbocycles. The summed E-state index contributed by atoms with van der Waals surface area (Å²) in [5.74, 6) is -0.418. The molecular formula is C13H20FNO3. The molecule has 1 unspecified atom stereocenters. The van der Waals surface area contributed by atoms with Crippen molar-refractivity contribution in [2.75, 3.05) is 19.8 Å². The molecule has 0 aromatic carbocycles. The number of nitrogens with zero attached hydrogens (tertiary/aromatic N) is 1. The van der Waals surface area contributed by atoms with Crippen molar-refractivity contribution in [3.63, 3.8) is 0 Å². The number of morpholine rings is 1. The van der Waals surface area contributed by atoms with Gasteiger partial charge < -0.3 is 14.4 Å². The fraction of sp³-hybridized carbons (Fsp3) is 0.923. The van der Waals surface area contributed by atoms with Crippen molar-refractivity contribution < 1.29 is 18.7 Å². The molecule has 102 valence electrons. The minimum Gasteiger partial charge on any atom is -0.376 e. The first-order valence-electron chi connectivity index (χ1n) is 6.68. The van der Waals surface area contributed by atoms with Crippen LogP contribution in [0.25, 0.3) is 0 Å². The van der Waals surface area contributed by atoms with Gasteiger partial charge in [-0.25, -0.2) is 4.39 Å². The SMILES string of the molecule is CC1(C)CN(C(=O)C(F)C2CC2)[C@@H]2COC[C@H]2O1. The lowest BCUT2D eigenvalue weighted by Crippen LogP contribution is -2.61. The van der Waals surface area contributed by atoms with Crippen LogP contribution in [0.5, 0.6) is 0 Å². The Kier molecular flexibility index (Phi) is 2.86. The molecule has 0 aromatic heterocycles. The Morgan fingerprint density at radius 2 is 2.11 bits per heavy atom. The Labute approximate surface area is 106 Å². The van der Waals surface area contributed by atoms with Crippen LogP contribution in [0.4, 0.5) is 4.39 Å². The predicted octanol–water partition coefficient (Wildman–Crippen LogP) is 1.14. The number of alkyl halides is 1. The highest BCUT2D eigenvalue weighted by atomic mass is 19.1. The summed E-state index contributed by atoms with van der Waals surface area (Å²) in [4.78, 5) is 13.9. The molecule has 0 N–H and O–H groups in total. The highest BCUT2D eigenvalue weighted by molar-refractivity contribution is 5.82. The molecule has 0 spiro atoms. The van der Waals surface area contributed by atoms with E-state index in [0.717, 1.165) is 12.8 Å². The first-order valence-corrected chi connectivity index (χ1v) is 6.68. The first-order chi connectivity index (χ1) is 8.48. The van der Waals surface area contributed by atoms with Gasteiger partial charge in [0.2, 0.25) is 0 Å². The smallest absolute Gasteiger partial charge is 0.257 e. The van der Waals surface area contributed by atoms with Gasteiger partial charge in [0.25, 0.3) is 5.91 Å². The fourth-order valence-corrected chi connectivity index (χ4v) is 2.89. The fourth-order valence-electron chi connectivity index (χ4n) is 2.89. The Bertz CT molecular complexity index is 356. The first kappa shape index (κ1) is 12.4. The Balaban J connectivity index is 1.77. The van der Waals surface area contributed by atoms with E-state index in [4.69, 9.17) is 9.47 Å². The van der Waals surface area contributed by atoms with Gasteiger partial charge >= 0.3 is 0 Å². The number of carbonyl (C=O) groups is 1. The number of hydrogen-bond donors (Lipinski definition) is 0. The maximum atomic E-state index is 14.0. The van der Waals surface area contributed by atoms with Crippen LogP contribution in [0.1, 0.15) is 26.7 Å². The van der Waals surface area contributed by atoms with Crippen LogP contribution in [-0.2, 0) is 14.3 Å². The molecule has 3 aliphatic rings. The number of amides is 1. The van der Waals surface area contributed by atoms with Crippen molar-refractivity contribution in [2.45, 2.75) is 50.6 Å². The van der Waals surface area contributed by atoms with Gasteiger partial charge in [0.05, 0.1) is 24.9 Å². The largest absolute Gasteiger partial charge is 0.376 e. The van der Waals surface area contributed by atoms with E-state index in [1.54, 1.807) is 4.90 Å². The monoisotopic (exact) mass is 257 g/mol. The maximum Gasteiger partial charge on any atom is 0.257 e. The van der Waals surface area contributed by atoms with Crippen LogP contribution in [0.2, 0.25) is 0 Å². The van der Waals surface area contributed by atoms with E-state index >= 15 is 0 Å². The quantitative estimate of drug-likeness (QED) is 0.744. The number of halogens is 1. The van der Waals surface area contributed by atoms with E-state index < -0.39 is 11.8 Å². The van der Waals surface area contributed by atoms with Crippen LogP contribution in [0.15, 0.2) is 0 Å². The molecule has 1 amide bonds. The van der Waals surface area contributed by atoms with Crippen molar-refractivity contribution in [1.29, 1.82) is 0 Å². The van der Waals surface area contributed by atoms with E-state index in [0.29, 0.717) is 19.8 Å². The van der Waals surface area contributed by atoms with Crippen molar-refractivity contribution in [3.8, 4) is 0 Å². The topological polar surface area (TPSA) is 38.8 Å². The molecule has 2 aliphatic heterocycles. The number of fused-ring (bicyclic) bond motifs is 1. The van der Waals surface area contributed by atoms with Crippen LogP contribution >= 0.6 is 0 Å². The molecule has 3 atom stereocenters. The minimum atomic E-state index is -1.33. The standard InChI is InChI=1S/C13H20FNO3/c1-13(2)7-15(9-5-17-6-10(9)18-13)12(16)11(14)8-3-4-8/h8-11H,3-7H2,1-2H3/t9-,10-,11?/m1/s1. The van der Waals surface area contributed by atoms with E-state index in [1.807, 2.05) is 13.8 Å². The molecule has 2 heterocycles. The van der Waals surface area contributed by atoms with Crippen molar-refractivity contribution in [1.82, 2.24) is 4.90 Å². The number of ether oxygens (including phenoxy) is 2. The highest BCUT2D eigenvalue weighted by Gasteiger charge is 2.49. The zero-order chi connectivity index (χ0) is 12.9. The van der Waals surface area contributed by atoms with Gasteiger partial charge in [0.1, 0.15) is 6.10 Å². The number of hydrogen-bond acceptors (Lipinski definition) is 3. The molecule has 18 heavy (non-hydrogen) atoms. The van der Waals surface area contributed by atoms with Gasteiger partial charge in [-0.05, 0) is 32.6 Å². The second kappa shape index (κ2) is 4.17. The van der Waals surface area contributed by atoms with E-state index in [2.05, 4.69) is 0 Å². The highest BCUT2D eigenvalue weighted by Crippen LogP contribution is 2.37. The zero-order valence-corrected chi connectivity index (χ0v) is 10.9. The average Bonchev–Trinajstić information content (AvgIpc) is 3.05. The molecule has 1 aliphatic carbocycles. The lowest BCUT2D eigenvalue weighted by molar-refractivity contribution is -0.173. The summed E-state index contributed by atoms with van der Waals surface area (Å²) in [5.41, 5.74) is -0.423. The van der Waals surface area contributed by atoms with Gasteiger partial charge in [0.15, 0.2) is 6.17 Å². The third-order valence-corrected chi connectivity index (χ3v) is 3.98. The van der Waals surface area contributed by atoms with Crippen LogP contribution in [0, 0.1) is 5.92 Å². The maximum absolute atomic E-state index is 14.0. The van der Waals surface area contributed by atoms with Gasteiger partial charge in [-0.1, -0.05) is 0 Å². The zero-order valence-electron chi connectivity index (χ0n) is 10.9. The summed E-state index contributed by atoms with van der Waals surface area (Å²) in [5, 5.41) is 0. The molecular weight excluding hydrogens is 237 g/mol. The van der Waals surface area contributed by atoms with Crippen LogP contribution in [-0.4, -0.2) is 54.5 Å². The third kappa shape index (κ3) is 2.14. The summed E-state index contributed by atoms with van der Waals surface area (Å²) in [6.45, 7) is 5.28. The lowest BCUT2D eigenvalue weighted by Gasteiger charge is -2.45. The summed E-state index contributed by atoms with van der Waals surface area (Å²) in [6.07, 6.45) is 0.237. The molecule has 0 aromatic rings. The van der Waals surface area contributed by atoms with Crippen LogP contribution < -0.4 is 0 Å². The Hall–Kier alpha value is -0.680. The van der Waals surface area contributed by atoms with E-state index in [1.165, 1.54) is 0 Å². The van der Waals surface area contributed by atoms with E-state index in [-0.39, 0.29) is 24.0 Å². The summed E-state index contributed by atoms with van der Waals surface area (Å²) in [6, 6.07) is -0.109. The van der Waals surface area contributed by atoms with Crippen molar-refractivity contribution in [2.24, 2.45) is 5.92 Å². The van der Waals surface area contributed by atoms with Gasteiger partial charge in [-0.3, -0.25) is 4.79 Å². The second-order valence-corrected chi connectivity index (χ2v) is 6.23. The average molecular weight is 257 g/mol. The normalized spacial score (nSPS) is 36.3. The van der Waals surface area contributed by atoms with Gasteiger partial charge in [-0.2, -0.15) is 0 Å². The summed E-state index contributed by atoms with van der Waals surface area (Å²) in [7, 11) is 0. The molecule has 5 heteroatoms. The number of rotatable bonds is 2. The molecule has 3 fully saturated rings. The molecule has 2 saturated heterocycles. The van der Waals surface area contributed by atoms with Crippen molar-refractivity contribution >= 4 is 5.91 Å². The van der Waals surface area contributed by atoms with Gasteiger partial charge in [0, 0.05) is 6.54 Å². The van der Waals surface area contributed by atoms with E-state index in [9.17, 15) is 9.18 Å². The molecule has 0 bridgehead atoms. The number of carbonyl (C=O) groups excluding carboxylic acids is 1. The van der Waals surface area contributed by atoms with Gasteiger partial charge in [-0.15, -0.1) is 0 Å². The molecule has 0 radical (unpaired) electrons. The lowest BCUT2D eigenvalue weighted by atomic mass is 9.99. The Morgan fingerprint density at radius 1 is 1.39 bits per heavy atom.